The Bertz CT molecular complexity index is 783. The quantitative estimate of drug-likeness (QED) is 0.633. The van der Waals surface area contributed by atoms with Crippen LogP contribution in [0.4, 0.5) is 0 Å². The Hall–Kier alpha value is -1.14. The summed E-state index contributed by atoms with van der Waals surface area (Å²) in [7, 11) is 0. The zero-order valence-electron chi connectivity index (χ0n) is 13.6. The van der Waals surface area contributed by atoms with Crippen molar-refractivity contribution in [2.75, 3.05) is 5.75 Å². The molecule has 3 aliphatic rings. The summed E-state index contributed by atoms with van der Waals surface area (Å²) >= 11 is 3.38. The zero-order valence-corrected chi connectivity index (χ0v) is 15.2. The number of carbonyl (C=O) groups excluding carboxylic acids is 1. The van der Waals surface area contributed by atoms with E-state index >= 15 is 0 Å². The first-order valence-corrected chi connectivity index (χ1v) is 10.8. The van der Waals surface area contributed by atoms with Crippen LogP contribution < -0.4 is 5.32 Å². The van der Waals surface area contributed by atoms with Crippen LogP contribution in [0.15, 0.2) is 11.4 Å². The molecule has 2 saturated carbocycles. The fourth-order valence-electron chi connectivity index (χ4n) is 3.90. The number of nitrogens with zero attached hydrogens (tertiary/aromatic N) is 2. The summed E-state index contributed by atoms with van der Waals surface area (Å²) in [6.07, 6.45) is 10.4. The summed E-state index contributed by atoms with van der Waals surface area (Å²) in [5, 5.41) is 5.51. The minimum atomic E-state index is 0.169. The molecule has 0 spiro atoms. The second-order valence-corrected chi connectivity index (χ2v) is 9.32. The van der Waals surface area contributed by atoms with Crippen molar-refractivity contribution in [1.29, 1.82) is 0 Å². The third-order valence-electron chi connectivity index (χ3n) is 5.39. The Kier molecular flexibility index (Phi) is 3.78. The minimum Gasteiger partial charge on any atom is -0.352 e. The number of fused-ring (bicyclic) bond motifs is 3. The van der Waals surface area contributed by atoms with E-state index in [2.05, 4.69) is 15.3 Å². The van der Waals surface area contributed by atoms with Crippen LogP contribution >= 0.6 is 23.1 Å². The standard InChI is InChI=1S/C18H21N3OS2/c22-14(21-16(10-4-5-10)11-6-7-11)8-23-17-15-12-2-1-3-13(12)24-18(15)20-9-19-17/h9-11,16H,1-8H2,(H,21,22). The summed E-state index contributed by atoms with van der Waals surface area (Å²) in [6.45, 7) is 0. The molecule has 1 amide bonds. The fourth-order valence-corrected chi connectivity index (χ4v) is 6.03. The fraction of sp³-hybridized carbons (Fsp3) is 0.611. The molecular formula is C18H21N3OS2. The number of nitrogens with one attached hydrogen (secondary N) is 1. The van der Waals surface area contributed by atoms with Gasteiger partial charge in [-0.05, 0) is 62.3 Å². The first-order chi connectivity index (χ1) is 11.8. The predicted octanol–water partition coefficient (Wildman–Crippen LogP) is 3.58. The molecule has 0 bridgehead atoms. The lowest BCUT2D eigenvalue weighted by Crippen LogP contribution is -2.39. The smallest absolute Gasteiger partial charge is 0.230 e. The lowest BCUT2D eigenvalue weighted by atomic mass is 10.1. The van der Waals surface area contributed by atoms with Gasteiger partial charge < -0.3 is 5.32 Å². The number of thiophene rings is 1. The molecule has 0 unspecified atom stereocenters. The highest BCUT2D eigenvalue weighted by Crippen LogP contribution is 2.44. The van der Waals surface area contributed by atoms with Crippen LogP contribution in [0.25, 0.3) is 10.2 Å². The number of hydrogen-bond acceptors (Lipinski definition) is 5. The monoisotopic (exact) mass is 359 g/mol. The van der Waals surface area contributed by atoms with Crippen LogP contribution in [0, 0.1) is 11.8 Å². The van der Waals surface area contributed by atoms with Crippen molar-refractivity contribution in [2.45, 2.75) is 56.0 Å². The number of carbonyl (C=O) groups is 1. The Morgan fingerprint density at radius 2 is 2.04 bits per heavy atom. The Morgan fingerprint density at radius 1 is 1.25 bits per heavy atom. The highest BCUT2D eigenvalue weighted by Gasteiger charge is 2.42. The molecule has 24 heavy (non-hydrogen) atoms. The number of rotatable bonds is 6. The Balaban J connectivity index is 1.29. The van der Waals surface area contributed by atoms with E-state index in [9.17, 15) is 4.79 Å². The molecule has 5 rings (SSSR count). The number of thioether (sulfide) groups is 1. The van der Waals surface area contributed by atoms with E-state index in [1.54, 1.807) is 29.4 Å². The molecule has 126 valence electrons. The van der Waals surface area contributed by atoms with Gasteiger partial charge in [0.2, 0.25) is 5.91 Å². The third-order valence-corrected chi connectivity index (χ3v) is 7.58. The molecule has 3 aliphatic carbocycles. The van der Waals surface area contributed by atoms with Crippen LogP contribution in [0.1, 0.15) is 42.5 Å². The molecule has 1 N–H and O–H groups in total. The molecule has 6 heteroatoms. The van der Waals surface area contributed by atoms with Crippen molar-refractivity contribution >= 4 is 39.2 Å². The predicted molar refractivity (Wildman–Crippen MR) is 97.5 cm³/mol. The van der Waals surface area contributed by atoms with Gasteiger partial charge in [-0.25, -0.2) is 9.97 Å². The first-order valence-electron chi connectivity index (χ1n) is 8.97. The molecular weight excluding hydrogens is 338 g/mol. The van der Waals surface area contributed by atoms with Crippen molar-refractivity contribution in [1.82, 2.24) is 15.3 Å². The zero-order chi connectivity index (χ0) is 16.1. The van der Waals surface area contributed by atoms with E-state index in [1.807, 2.05) is 0 Å². The van der Waals surface area contributed by atoms with E-state index in [-0.39, 0.29) is 5.91 Å². The Morgan fingerprint density at radius 3 is 2.79 bits per heavy atom. The largest absolute Gasteiger partial charge is 0.352 e. The van der Waals surface area contributed by atoms with Crippen molar-refractivity contribution < 1.29 is 4.79 Å². The van der Waals surface area contributed by atoms with Crippen molar-refractivity contribution in [3.63, 3.8) is 0 Å². The van der Waals surface area contributed by atoms with Crippen molar-refractivity contribution in [3.05, 3.63) is 16.8 Å². The topological polar surface area (TPSA) is 54.9 Å². The van der Waals surface area contributed by atoms with E-state index in [4.69, 9.17) is 0 Å². The van der Waals surface area contributed by atoms with Gasteiger partial charge in [-0.2, -0.15) is 0 Å². The summed E-state index contributed by atoms with van der Waals surface area (Å²) < 4.78 is 0. The van der Waals surface area contributed by atoms with Crippen molar-refractivity contribution in [3.8, 4) is 0 Å². The van der Waals surface area contributed by atoms with E-state index < -0.39 is 0 Å². The van der Waals surface area contributed by atoms with Crippen LogP contribution in [0.5, 0.6) is 0 Å². The molecule has 0 aliphatic heterocycles. The SMILES string of the molecule is O=C(CSc1ncnc2sc3c(c12)CCC3)NC(C1CC1)C1CC1. The average molecular weight is 360 g/mol. The van der Waals surface area contributed by atoms with Gasteiger partial charge in [-0.3, -0.25) is 4.79 Å². The summed E-state index contributed by atoms with van der Waals surface area (Å²) in [6, 6.07) is 0.439. The van der Waals surface area contributed by atoms with E-state index in [0.717, 1.165) is 28.1 Å². The van der Waals surface area contributed by atoms with Gasteiger partial charge in [-0.1, -0.05) is 11.8 Å². The van der Waals surface area contributed by atoms with Gasteiger partial charge in [0.05, 0.1) is 5.75 Å². The highest BCUT2D eigenvalue weighted by molar-refractivity contribution is 8.00. The molecule has 2 fully saturated rings. The average Bonchev–Trinajstić information content (AvgIpc) is 3.49. The molecule has 2 aromatic heterocycles. The number of hydrogen-bond donors (Lipinski definition) is 1. The normalized spacial score (nSPS) is 19.9. The third kappa shape index (κ3) is 2.84. The van der Waals surface area contributed by atoms with Crippen molar-refractivity contribution in [2.24, 2.45) is 11.8 Å². The molecule has 0 aromatic carbocycles. The highest BCUT2D eigenvalue weighted by atomic mass is 32.2. The van der Waals surface area contributed by atoms with Gasteiger partial charge >= 0.3 is 0 Å². The van der Waals surface area contributed by atoms with Crippen LogP contribution in [-0.2, 0) is 17.6 Å². The minimum absolute atomic E-state index is 0.169. The molecule has 0 atom stereocenters. The second-order valence-electron chi connectivity index (χ2n) is 7.27. The summed E-state index contributed by atoms with van der Waals surface area (Å²) in [5.41, 5.74) is 1.44. The van der Waals surface area contributed by atoms with E-state index in [1.165, 1.54) is 54.4 Å². The van der Waals surface area contributed by atoms with Gasteiger partial charge in [0.25, 0.3) is 0 Å². The number of amides is 1. The van der Waals surface area contributed by atoms with Crippen LogP contribution in [-0.4, -0.2) is 27.7 Å². The molecule has 2 aromatic rings. The van der Waals surface area contributed by atoms with E-state index in [0.29, 0.717) is 11.8 Å². The lowest BCUT2D eigenvalue weighted by Gasteiger charge is -2.17. The van der Waals surface area contributed by atoms with Gasteiger partial charge in [-0.15, -0.1) is 11.3 Å². The lowest BCUT2D eigenvalue weighted by molar-refractivity contribution is -0.119. The molecule has 4 nitrogen and oxygen atoms in total. The van der Waals surface area contributed by atoms with Gasteiger partial charge in [0.15, 0.2) is 0 Å². The Labute approximate surface area is 149 Å². The summed E-state index contributed by atoms with van der Waals surface area (Å²) in [5.74, 6) is 2.13. The van der Waals surface area contributed by atoms with Crippen LogP contribution in [0.2, 0.25) is 0 Å². The molecule has 0 radical (unpaired) electrons. The first kappa shape index (κ1) is 15.1. The summed E-state index contributed by atoms with van der Waals surface area (Å²) in [4.78, 5) is 23.9. The molecule has 2 heterocycles. The van der Waals surface area contributed by atoms with Gasteiger partial charge in [0.1, 0.15) is 16.2 Å². The maximum atomic E-state index is 12.4. The number of aryl methyl sites for hydroxylation is 2. The maximum Gasteiger partial charge on any atom is 0.230 e. The van der Waals surface area contributed by atoms with Gasteiger partial charge in [0, 0.05) is 16.3 Å². The second kappa shape index (κ2) is 5.99. The molecule has 0 saturated heterocycles. The van der Waals surface area contributed by atoms with Crippen LogP contribution in [0.3, 0.4) is 0 Å². The number of aromatic nitrogens is 2. The maximum absolute atomic E-state index is 12.4.